The second-order valence-electron chi connectivity index (χ2n) is 11.3. The smallest absolute Gasteiger partial charge is 0.185 e. The van der Waals surface area contributed by atoms with Crippen LogP contribution in [0.25, 0.3) is 0 Å². The normalized spacial score (nSPS) is 17.9. The summed E-state index contributed by atoms with van der Waals surface area (Å²) in [7, 11) is 0. The maximum absolute atomic E-state index is 13.2. The van der Waals surface area contributed by atoms with E-state index in [1.54, 1.807) is 12.2 Å². The van der Waals surface area contributed by atoms with Gasteiger partial charge in [-0.3, -0.25) is 4.79 Å². The number of Topliss-reactive ketones (excluding diaryl/α,β-unsaturated/α-hetero) is 1. The number of carbonyl (C=O) groups excluding carboxylic acids is 1. The van der Waals surface area contributed by atoms with E-state index in [2.05, 4.69) is 13.8 Å². The van der Waals surface area contributed by atoms with Crippen molar-refractivity contribution in [2.75, 3.05) is 0 Å². The first kappa shape index (κ1) is 26.1. The molecule has 3 heteroatoms. The Balaban J connectivity index is 3.32. The maximum Gasteiger partial charge on any atom is 0.185 e. The molecule has 0 aromatic heterocycles. The van der Waals surface area contributed by atoms with Gasteiger partial charge in [-0.2, -0.15) is 0 Å². The summed E-state index contributed by atoms with van der Waals surface area (Å²) in [6, 6.07) is 0. The molecule has 0 unspecified atom stereocenters. The fraction of sp³-hybridized carbons (Fsp3) is 0.808. The topological polar surface area (TPSA) is 57.5 Å². The molecule has 0 bridgehead atoms. The highest BCUT2D eigenvalue weighted by Gasteiger charge is 2.43. The first-order chi connectivity index (χ1) is 13.2. The lowest BCUT2D eigenvalue weighted by molar-refractivity contribution is -0.115. The summed E-state index contributed by atoms with van der Waals surface area (Å²) < 4.78 is 0. The highest BCUT2D eigenvalue weighted by molar-refractivity contribution is 6.11. The quantitative estimate of drug-likeness (QED) is 0.406. The molecule has 1 rings (SSSR count). The third kappa shape index (κ3) is 7.68. The molecule has 29 heavy (non-hydrogen) atoms. The van der Waals surface area contributed by atoms with Crippen molar-refractivity contribution in [3.63, 3.8) is 0 Å². The van der Waals surface area contributed by atoms with Gasteiger partial charge in [0.05, 0.1) is 5.60 Å². The van der Waals surface area contributed by atoms with E-state index in [0.29, 0.717) is 24.0 Å². The Morgan fingerprint density at radius 3 is 1.48 bits per heavy atom. The van der Waals surface area contributed by atoms with E-state index in [0.717, 1.165) is 38.5 Å². The molecule has 0 aromatic rings. The molecule has 0 radical (unpaired) electrons. The van der Waals surface area contributed by atoms with Gasteiger partial charge in [-0.05, 0) is 35.8 Å². The van der Waals surface area contributed by atoms with E-state index in [-0.39, 0.29) is 23.0 Å². The molecule has 3 nitrogen and oxygen atoms in total. The van der Waals surface area contributed by atoms with Crippen molar-refractivity contribution in [3.8, 4) is 0 Å². The number of allylic oxidation sites excluding steroid dienone is 2. The van der Waals surface area contributed by atoms with Crippen LogP contribution in [0.5, 0.6) is 0 Å². The molecule has 0 fully saturated rings. The molecule has 1 aliphatic rings. The van der Waals surface area contributed by atoms with Gasteiger partial charge in [0.2, 0.25) is 0 Å². The van der Waals surface area contributed by atoms with Crippen LogP contribution in [0.1, 0.15) is 113 Å². The van der Waals surface area contributed by atoms with Crippen molar-refractivity contribution in [2.45, 2.75) is 124 Å². The summed E-state index contributed by atoms with van der Waals surface area (Å²) in [5.74, 6) is 0.0233. The molecule has 0 aromatic carbocycles. The molecule has 0 spiro atoms. The number of aliphatic hydroxyl groups is 2. The first-order valence-corrected chi connectivity index (χ1v) is 11.6. The van der Waals surface area contributed by atoms with Crippen LogP contribution in [0.4, 0.5) is 0 Å². The highest BCUT2D eigenvalue weighted by atomic mass is 16.3. The molecular formula is C26H46O3. The van der Waals surface area contributed by atoms with Gasteiger partial charge in [0.1, 0.15) is 5.60 Å². The number of hydrogen-bond acceptors (Lipinski definition) is 3. The van der Waals surface area contributed by atoms with Crippen LogP contribution >= 0.6 is 0 Å². The van der Waals surface area contributed by atoms with Gasteiger partial charge in [0, 0.05) is 17.6 Å². The van der Waals surface area contributed by atoms with Crippen molar-refractivity contribution in [2.24, 2.45) is 10.8 Å². The van der Waals surface area contributed by atoms with Crippen molar-refractivity contribution in [1.82, 2.24) is 0 Å². The Labute approximate surface area is 179 Å². The van der Waals surface area contributed by atoms with E-state index in [1.165, 1.54) is 0 Å². The van der Waals surface area contributed by atoms with Gasteiger partial charge in [0.25, 0.3) is 0 Å². The third-order valence-corrected chi connectivity index (χ3v) is 6.00. The zero-order valence-corrected chi connectivity index (χ0v) is 20.3. The van der Waals surface area contributed by atoms with Crippen LogP contribution < -0.4 is 0 Å². The van der Waals surface area contributed by atoms with E-state index < -0.39 is 11.2 Å². The standard InChI is InChI=1S/C26H46O3/c1-9-11-13-15-25(28,16-14-12-10-2)19-26(29)17-20(23(3,4)5)22(27)21(18-26)24(6,7)8/h17-18,28-29H,9-16,19H2,1-8H3. The Hall–Kier alpha value is -0.930. The number of hydrogen-bond donors (Lipinski definition) is 2. The van der Waals surface area contributed by atoms with Crippen molar-refractivity contribution in [1.29, 1.82) is 0 Å². The van der Waals surface area contributed by atoms with E-state index in [1.807, 2.05) is 41.5 Å². The molecular weight excluding hydrogens is 360 g/mol. The molecule has 1 aliphatic carbocycles. The molecule has 0 heterocycles. The summed E-state index contributed by atoms with van der Waals surface area (Å²) in [5.41, 5.74) is -1.64. The molecule has 0 atom stereocenters. The van der Waals surface area contributed by atoms with E-state index >= 15 is 0 Å². The first-order valence-electron chi connectivity index (χ1n) is 11.6. The molecule has 0 amide bonds. The van der Waals surface area contributed by atoms with Crippen LogP contribution in [0.2, 0.25) is 0 Å². The predicted octanol–water partition coefficient (Wildman–Crippen LogP) is 6.53. The van der Waals surface area contributed by atoms with Crippen LogP contribution in [-0.2, 0) is 4.79 Å². The van der Waals surface area contributed by atoms with Crippen LogP contribution in [0.3, 0.4) is 0 Å². The summed E-state index contributed by atoms with van der Waals surface area (Å²) in [4.78, 5) is 13.2. The van der Waals surface area contributed by atoms with Gasteiger partial charge in [0.15, 0.2) is 5.78 Å². The van der Waals surface area contributed by atoms with Gasteiger partial charge >= 0.3 is 0 Å². The molecule has 168 valence electrons. The second kappa shape index (κ2) is 9.92. The van der Waals surface area contributed by atoms with E-state index in [9.17, 15) is 15.0 Å². The fourth-order valence-corrected chi connectivity index (χ4v) is 4.27. The summed E-state index contributed by atoms with van der Waals surface area (Å²) in [5, 5.41) is 23.2. The Bertz CT molecular complexity index is 567. The third-order valence-electron chi connectivity index (χ3n) is 6.00. The van der Waals surface area contributed by atoms with Crippen LogP contribution in [0.15, 0.2) is 23.3 Å². The lowest BCUT2D eigenvalue weighted by Gasteiger charge is -2.40. The number of ketones is 1. The van der Waals surface area contributed by atoms with E-state index in [4.69, 9.17) is 0 Å². The lowest BCUT2D eigenvalue weighted by atomic mass is 9.67. The van der Waals surface area contributed by atoms with Gasteiger partial charge < -0.3 is 10.2 Å². The maximum atomic E-state index is 13.2. The molecule has 0 saturated heterocycles. The minimum Gasteiger partial charge on any atom is -0.390 e. The van der Waals surface area contributed by atoms with Gasteiger partial charge in [-0.1, -0.05) is 93.9 Å². The largest absolute Gasteiger partial charge is 0.390 e. The highest BCUT2D eigenvalue weighted by Crippen LogP contribution is 2.43. The fourth-order valence-electron chi connectivity index (χ4n) is 4.27. The van der Waals surface area contributed by atoms with Gasteiger partial charge in [-0.25, -0.2) is 0 Å². The minimum atomic E-state index is -1.30. The average Bonchev–Trinajstić information content (AvgIpc) is 2.55. The van der Waals surface area contributed by atoms with Crippen molar-refractivity contribution < 1.29 is 15.0 Å². The zero-order valence-electron chi connectivity index (χ0n) is 20.3. The number of carbonyl (C=O) groups is 1. The second-order valence-corrected chi connectivity index (χ2v) is 11.3. The summed E-state index contributed by atoms with van der Waals surface area (Å²) in [6.07, 6.45) is 11.4. The van der Waals surface area contributed by atoms with Crippen LogP contribution in [0, 0.1) is 10.8 Å². The van der Waals surface area contributed by atoms with Crippen LogP contribution in [-0.4, -0.2) is 27.2 Å². The SMILES string of the molecule is CCCCCC(O)(CCCCC)CC1(O)C=C(C(C)(C)C)C(=O)C(C(C)(C)C)=C1. The van der Waals surface area contributed by atoms with Gasteiger partial charge in [-0.15, -0.1) is 0 Å². The monoisotopic (exact) mass is 406 g/mol. The Morgan fingerprint density at radius 1 is 0.793 bits per heavy atom. The summed E-state index contributed by atoms with van der Waals surface area (Å²) in [6.45, 7) is 16.4. The minimum absolute atomic E-state index is 0.0233. The van der Waals surface area contributed by atoms with Crippen molar-refractivity contribution >= 4 is 5.78 Å². The lowest BCUT2D eigenvalue weighted by Crippen LogP contribution is -2.43. The Morgan fingerprint density at radius 2 is 1.17 bits per heavy atom. The number of unbranched alkanes of at least 4 members (excludes halogenated alkanes) is 4. The predicted molar refractivity (Wildman–Crippen MR) is 123 cm³/mol. The Kier molecular flexibility index (Phi) is 8.93. The number of rotatable bonds is 10. The average molecular weight is 407 g/mol. The van der Waals surface area contributed by atoms with Crippen molar-refractivity contribution in [3.05, 3.63) is 23.3 Å². The molecule has 0 aliphatic heterocycles. The summed E-state index contributed by atoms with van der Waals surface area (Å²) >= 11 is 0. The zero-order chi connectivity index (χ0) is 22.5. The molecule has 2 N–H and O–H groups in total. The molecule has 0 saturated carbocycles.